The van der Waals surface area contributed by atoms with Gasteiger partial charge in [0.2, 0.25) is 5.91 Å². The van der Waals surface area contributed by atoms with Gasteiger partial charge in [-0.05, 0) is 25.3 Å². The lowest BCUT2D eigenvalue weighted by Gasteiger charge is -2.28. The van der Waals surface area contributed by atoms with Crippen LogP contribution in [0.4, 0.5) is 4.39 Å². The number of H-pyrrole nitrogens is 1. The highest BCUT2D eigenvalue weighted by Crippen LogP contribution is 2.50. The molecule has 132 valence electrons. The Hall–Kier alpha value is -2.28. The van der Waals surface area contributed by atoms with Crippen LogP contribution in [0.2, 0.25) is 0 Å². The molecule has 1 aromatic carbocycles. The van der Waals surface area contributed by atoms with Crippen molar-refractivity contribution in [2.24, 2.45) is 0 Å². The molecule has 7 heteroatoms. The first-order valence-electron chi connectivity index (χ1n) is 8.59. The molecule has 1 aliphatic carbocycles. The molecule has 1 aliphatic heterocycles. The summed E-state index contributed by atoms with van der Waals surface area (Å²) in [7, 11) is 1.77. The summed E-state index contributed by atoms with van der Waals surface area (Å²) in [5.74, 6) is 0.544. The normalized spacial score (nSPS) is 24.2. The molecule has 1 N–H and O–H groups in total. The van der Waals surface area contributed by atoms with E-state index in [1.165, 1.54) is 12.4 Å². The van der Waals surface area contributed by atoms with E-state index in [1.807, 2.05) is 0 Å². The minimum Gasteiger partial charge on any atom is -0.376 e. The van der Waals surface area contributed by atoms with Crippen molar-refractivity contribution in [1.82, 2.24) is 20.1 Å². The second-order valence-electron chi connectivity index (χ2n) is 6.92. The van der Waals surface area contributed by atoms with E-state index in [1.54, 1.807) is 30.1 Å². The number of carbonyl (C=O) groups excluding carboxylic acids is 1. The average molecular weight is 344 g/mol. The monoisotopic (exact) mass is 344 g/mol. The Morgan fingerprint density at radius 2 is 2.24 bits per heavy atom. The van der Waals surface area contributed by atoms with Crippen molar-refractivity contribution >= 4 is 5.91 Å². The van der Waals surface area contributed by atoms with Gasteiger partial charge < -0.3 is 9.64 Å². The number of aromatic nitrogens is 3. The van der Waals surface area contributed by atoms with Crippen molar-refractivity contribution in [3.05, 3.63) is 47.8 Å². The van der Waals surface area contributed by atoms with Crippen LogP contribution in [0, 0.1) is 5.82 Å². The molecule has 25 heavy (non-hydrogen) atoms. The lowest BCUT2D eigenvalue weighted by Crippen LogP contribution is -2.42. The van der Waals surface area contributed by atoms with Crippen molar-refractivity contribution in [1.29, 1.82) is 0 Å². The fourth-order valence-electron chi connectivity index (χ4n) is 3.83. The quantitative estimate of drug-likeness (QED) is 0.901. The number of nitrogens with zero attached hydrogens (tertiary/aromatic N) is 3. The molecule has 2 atom stereocenters. The zero-order valence-electron chi connectivity index (χ0n) is 14.1. The van der Waals surface area contributed by atoms with E-state index in [2.05, 4.69) is 15.2 Å². The Morgan fingerprint density at radius 1 is 1.44 bits per heavy atom. The molecular formula is C18H21FN4O2. The van der Waals surface area contributed by atoms with Crippen LogP contribution in [0.15, 0.2) is 30.6 Å². The first kappa shape index (κ1) is 16.2. The molecule has 2 heterocycles. The van der Waals surface area contributed by atoms with Crippen LogP contribution >= 0.6 is 0 Å². The van der Waals surface area contributed by atoms with Crippen molar-refractivity contribution in [3.8, 4) is 0 Å². The van der Waals surface area contributed by atoms with Crippen LogP contribution in [-0.2, 0) is 14.9 Å². The van der Waals surface area contributed by atoms with E-state index < -0.39 is 5.41 Å². The van der Waals surface area contributed by atoms with Gasteiger partial charge in [-0.1, -0.05) is 18.2 Å². The Morgan fingerprint density at radius 3 is 2.92 bits per heavy atom. The topological polar surface area (TPSA) is 71.1 Å². The third-order valence-electron chi connectivity index (χ3n) is 5.34. The molecule has 1 saturated carbocycles. The van der Waals surface area contributed by atoms with E-state index in [-0.39, 0.29) is 23.7 Å². The fraction of sp³-hybridized carbons (Fsp3) is 0.500. The van der Waals surface area contributed by atoms with Gasteiger partial charge in [0.15, 0.2) is 0 Å². The van der Waals surface area contributed by atoms with Gasteiger partial charge in [-0.3, -0.25) is 9.89 Å². The summed E-state index contributed by atoms with van der Waals surface area (Å²) in [6.45, 7) is 1.09. The molecule has 2 aliphatic rings. The molecule has 2 aromatic rings. The number of aromatic amines is 1. The standard InChI is InChI=1S/C18H21FN4O2/c1-23(10-15-12(6-9-25-15)16-20-11-21-22-16)17(24)18(7-8-18)13-4-2-3-5-14(13)19/h2-5,11-12,15H,6-10H2,1H3,(H,20,21,22)/t12-,15-/m1/s1. The van der Waals surface area contributed by atoms with Crippen LogP contribution in [0.5, 0.6) is 0 Å². The van der Waals surface area contributed by atoms with Gasteiger partial charge in [0, 0.05) is 31.7 Å². The number of rotatable bonds is 5. The van der Waals surface area contributed by atoms with Crippen LogP contribution in [0.25, 0.3) is 0 Å². The number of hydrogen-bond acceptors (Lipinski definition) is 4. The van der Waals surface area contributed by atoms with Gasteiger partial charge in [0.1, 0.15) is 18.0 Å². The predicted octanol–water partition coefficient (Wildman–Crippen LogP) is 2.01. The zero-order chi connectivity index (χ0) is 17.4. The minimum atomic E-state index is -0.708. The molecule has 1 saturated heterocycles. The number of benzene rings is 1. The lowest BCUT2D eigenvalue weighted by atomic mass is 9.93. The Labute approximate surface area is 145 Å². The summed E-state index contributed by atoms with van der Waals surface area (Å²) in [5.41, 5.74) is -0.202. The van der Waals surface area contributed by atoms with Gasteiger partial charge in [-0.15, -0.1) is 0 Å². The van der Waals surface area contributed by atoms with E-state index in [9.17, 15) is 9.18 Å². The number of hydrogen-bond donors (Lipinski definition) is 1. The summed E-state index contributed by atoms with van der Waals surface area (Å²) in [4.78, 5) is 18.9. The van der Waals surface area contributed by atoms with Crippen LogP contribution in [-0.4, -0.2) is 52.3 Å². The molecular weight excluding hydrogens is 323 g/mol. The average Bonchev–Trinajstić information content (AvgIpc) is 3.02. The molecule has 6 nitrogen and oxygen atoms in total. The lowest BCUT2D eigenvalue weighted by molar-refractivity contribution is -0.134. The molecule has 2 fully saturated rings. The van der Waals surface area contributed by atoms with Gasteiger partial charge >= 0.3 is 0 Å². The summed E-state index contributed by atoms with van der Waals surface area (Å²) >= 11 is 0. The first-order valence-corrected chi connectivity index (χ1v) is 8.59. The summed E-state index contributed by atoms with van der Waals surface area (Å²) in [6.07, 6.45) is 3.58. The molecule has 1 amide bonds. The Balaban J connectivity index is 1.49. The maximum absolute atomic E-state index is 14.2. The molecule has 0 unspecified atom stereocenters. The van der Waals surface area contributed by atoms with Crippen molar-refractivity contribution < 1.29 is 13.9 Å². The highest BCUT2D eigenvalue weighted by atomic mass is 19.1. The number of carbonyl (C=O) groups is 1. The third-order valence-corrected chi connectivity index (χ3v) is 5.34. The summed E-state index contributed by atoms with van der Waals surface area (Å²) in [5, 5.41) is 6.79. The number of halogens is 1. The first-order chi connectivity index (χ1) is 12.1. The van der Waals surface area contributed by atoms with Gasteiger partial charge in [0.05, 0.1) is 11.5 Å². The molecule has 0 spiro atoms. The summed E-state index contributed by atoms with van der Waals surface area (Å²) in [6, 6.07) is 6.57. The van der Waals surface area contributed by atoms with Crippen molar-refractivity contribution in [3.63, 3.8) is 0 Å². The van der Waals surface area contributed by atoms with Crippen LogP contribution in [0.1, 0.15) is 36.6 Å². The van der Waals surface area contributed by atoms with E-state index in [0.29, 0.717) is 31.6 Å². The fourth-order valence-corrected chi connectivity index (χ4v) is 3.83. The van der Waals surface area contributed by atoms with Gasteiger partial charge in [0.25, 0.3) is 0 Å². The largest absolute Gasteiger partial charge is 0.376 e. The second kappa shape index (κ2) is 6.22. The van der Waals surface area contributed by atoms with E-state index in [4.69, 9.17) is 4.74 Å². The maximum Gasteiger partial charge on any atom is 0.233 e. The Kier molecular flexibility index (Phi) is 4.03. The highest BCUT2D eigenvalue weighted by Gasteiger charge is 2.54. The Bertz CT molecular complexity index is 760. The van der Waals surface area contributed by atoms with Gasteiger partial charge in [-0.2, -0.15) is 5.10 Å². The summed E-state index contributed by atoms with van der Waals surface area (Å²) < 4.78 is 20.0. The minimum absolute atomic E-state index is 0.0376. The predicted molar refractivity (Wildman–Crippen MR) is 88.4 cm³/mol. The number of amides is 1. The smallest absolute Gasteiger partial charge is 0.233 e. The number of likely N-dealkylation sites (N-methyl/N-ethyl adjacent to an activating group) is 1. The number of ether oxygens (including phenoxy) is 1. The maximum atomic E-state index is 14.2. The molecule has 1 aromatic heterocycles. The molecule has 4 rings (SSSR count). The van der Waals surface area contributed by atoms with Gasteiger partial charge in [-0.25, -0.2) is 9.37 Å². The second-order valence-corrected chi connectivity index (χ2v) is 6.92. The highest BCUT2D eigenvalue weighted by molar-refractivity contribution is 5.91. The third kappa shape index (κ3) is 2.82. The number of nitrogens with one attached hydrogen (secondary N) is 1. The zero-order valence-corrected chi connectivity index (χ0v) is 14.1. The van der Waals surface area contributed by atoms with Crippen molar-refractivity contribution in [2.45, 2.75) is 36.7 Å². The SMILES string of the molecule is CN(C[C@H]1OCC[C@H]1c1ncn[nH]1)C(=O)C1(c2ccccc2F)CC1. The molecule has 0 radical (unpaired) electrons. The van der Waals surface area contributed by atoms with Crippen molar-refractivity contribution in [2.75, 3.05) is 20.2 Å². The van der Waals surface area contributed by atoms with E-state index >= 15 is 0 Å². The van der Waals surface area contributed by atoms with E-state index in [0.717, 1.165) is 12.2 Å². The molecule has 0 bridgehead atoms. The van der Waals surface area contributed by atoms with Crippen LogP contribution in [0.3, 0.4) is 0 Å². The van der Waals surface area contributed by atoms with Crippen LogP contribution < -0.4 is 0 Å².